The summed E-state index contributed by atoms with van der Waals surface area (Å²) in [6, 6.07) is 2.85. The highest BCUT2D eigenvalue weighted by atomic mass is 16.6. The molecule has 0 unspecified atom stereocenters. The van der Waals surface area contributed by atoms with Gasteiger partial charge in [0, 0.05) is 25.3 Å². The van der Waals surface area contributed by atoms with Gasteiger partial charge in [-0.25, -0.2) is 4.79 Å². The summed E-state index contributed by atoms with van der Waals surface area (Å²) < 4.78 is 0. The Morgan fingerprint density at radius 1 is 1.56 bits per heavy atom. The Balaban J connectivity index is 3.35. The maximum absolute atomic E-state index is 10.9. The third-order valence-electron chi connectivity index (χ3n) is 2.64. The Kier molecular flexibility index (Phi) is 4.09. The van der Waals surface area contributed by atoms with Crippen LogP contribution in [0.4, 0.5) is 21.9 Å². The van der Waals surface area contributed by atoms with Gasteiger partial charge in [0.05, 0.1) is 4.92 Å². The first-order valence-electron chi connectivity index (χ1n) is 5.37. The minimum Gasteiger partial charge on any atom is -0.465 e. The Bertz CT molecular complexity index is 487. The summed E-state index contributed by atoms with van der Waals surface area (Å²) in [4.78, 5) is 22.8. The molecular weight excluding hydrogens is 238 g/mol. The number of benzene rings is 1. The summed E-state index contributed by atoms with van der Waals surface area (Å²) in [5.74, 6) is 0. The monoisotopic (exact) mass is 253 g/mol. The summed E-state index contributed by atoms with van der Waals surface area (Å²) in [5.41, 5.74) is 1.21. The minimum absolute atomic E-state index is 0.0200. The van der Waals surface area contributed by atoms with E-state index in [9.17, 15) is 14.9 Å². The van der Waals surface area contributed by atoms with Crippen molar-refractivity contribution in [1.82, 2.24) is 0 Å². The maximum Gasteiger partial charge on any atom is 0.409 e. The van der Waals surface area contributed by atoms with E-state index in [2.05, 4.69) is 0 Å². The predicted molar refractivity (Wildman–Crippen MR) is 68.4 cm³/mol. The molecule has 1 aromatic carbocycles. The minimum atomic E-state index is -1.33. The summed E-state index contributed by atoms with van der Waals surface area (Å²) in [5, 5.41) is 21.6. The van der Waals surface area contributed by atoms with E-state index in [1.54, 1.807) is 6.92 Å². The van der Waals surface area contributed by atoms with Crippen LogP contribution in [-0.2, 0) is 0 Å². The fourth-order valence-corrected chi connectivity index (χ4v) is 1.63. The lowest BCUT2D eigenvalue weighted by atomic mass is 10.1. The van der Waals surface area contributed by atoms with Crippen LogP contribution in [0, 0.1) is 17.0 Å². The fraction of sp³-hybridized carbons (Fsp3) is 0.364. The van der Waals surface area contributed by atoms with Crippen LogP contribution >= 0.6 is 0 Å². The van der Waals surface area contributed by atoms with E-state index in [1.807, 2.05) is 24.2 Å². The first-order valence-corrected chi connectivity index (χ1v) is 5.37. The number of hydrogen-bond acceptors (Lipinski definition) is 4. The van der Waals surface area contributed by atoms with Gasteiger partial charge in [0.1, 0.15) is 5.69 Å². The summed E-state index contributed by atoms with van der Waals surface area (Å²) in [6.07, 6.45) is -1.33. The van der Waals surface area contributed by atoms with Gasteiger partial charge in [-0.2, -0.15) is 0 Å². The largest absolute Gasteiger partial charge is 0.465 e. The van der Waals surface area contributed by atoms with Crippen LogP contribution in [0.2, 0.25) is 0 Å². The second-order valence-corrected chi connectivity index (χ2v) is 3.86. The van der Waals surface area contributed by atoms with Crippen molar-refractivity contribution in [3.8, 4) is 0 Å². The zero-order valence-corrected chi connectivity index (χ0v) is 10.4. The van der Waals surface area contributed by atoms with Gasteiger partial charge in [0.2, 0.25) is 0 Å². The standard InChI is InChI=1S/C11H15N3O4/c1-4-13(3)9-6-8(12-11(15)16)10(14(17)18)5-7(9)2/h5-6,12H,4H2,1-3H3,(H,15,16). The molecule has 1 amide bonds. The van der Waals surface area contributed by atoms with E-state index in [1.165, 1.54) is 12.1 Å². The zero-order valence-electron chi connectivity index (χ0n) is 10.4. The summed E-state index contributed by atoms with van der Waals surface area (Å²) >= 11 is 0. The van der Waals surface area contributed by atoms with Gasteiger partial charge in [-0.3, -0.25) is 15.4 Å². The van der Waals surface area contributed by atoms with Gasteiger partial charge in [-0.05, 0) is 25.5 Å². The second-order valence-electron chi connectivity index (χ2n) is 3.86. The van der Waals surface area contributed by atoms with E-state index in [0.717, 1.165) is 11.3 Å². The van der Waals surface area contributed by atoms with Gasteiger partial charge in [0.25, 0.3) is 5.69 Å². The number of nitrogens with zero attached hydrogens (tertiary/aromatic N) is 2. The number of nitrogens with one attached hydrogen (secondary N) is 1. The van der Waals surface area contributed by atoms with Crippen molar-refractivity contribution in [2.24, 2.45) is 0 Å². The van der Waals surface area contributed by atoms with Crippen molar-refractivity contribution in [2.75, 3.05) is 23.8 Å². The normalized spacial score (nSPS) is 9.94. The van der Waals surface area contributed by atoms with Crippen LogP contribution in [0.25, 0.3) is 0 Å². The molecule has 0 heterocycles. The van der Waals surface area contributed by atoms with Gasteiger partial charge < -0.3 is 10.0 Å². The van der Waals surface area contributed by atoms with Gasteiger partial charge >= 0.3 is 6.09 Å². The molecule has 0 aliphatic carbocycles. The summed E-state index contributed by atoms with van der Waals surface area (Å²) in [7, 11) is 1.83. The number of carboxylic acid groups (broad SMARTS) is 1. The van der Waals surface area contributed by atoms with Crippen LogP contribution in [0.5, 0.6) is 0 Å². The highest BCUT2D eigenvalue weighted by molar-refractivity contribution is 5.88. The number of nitro benzene ring substituents is 1. The molecule has 0 radical (unpaired) electrons. The lowest BCUT2D eigenvalue weighted by molar-refractivity contribution is -0.384. The van der Waals surface area contributed by atoms with E-state index < -0.39 is 11.0 Å². The van der Waals surface area contributed by atoms with E-state index in [4.69, 9.17) is 5.11 Å². The number of anilines is 2. The SMILES string of the molecule is CCN(C)c1cc(NC(=O)O)c([N+](=O)[O-])cc1C. The molecule has 0 aliphatic rings. The molecular formula is C11H15N3O4. The lowest BCUT2D eigenvalue weighted by Gasteiger charge is -2.20. The lowest BCUT2D eigenvalue weighted by Crippen LogP contribution is -2.18. The molecule has 0 aromatic heterocycles. The fourth-order valence-electron chi connectivity index (χ4n) is 1.63. The first kappa shape index (κ1) is 13.8. The van der Waals surface area contributed by atoms with Crippen molar-refractivity contribution in [3.05, 3.63) is 27.8 Å². The molecule has 0 spiro atoms. The van der Waals surface area contributed by atoms with Crippen LogP contribution in [0.3, 0.4) is 0 Å². The predicted octanol–water partition coefficient (Wildman–Crippen LogP) is 2.45. The molecule has 2 N–H and O–H groups in total. The van der Waals surface area contributed by atoms with Crippen LogP contribution < -0.4 is 10.2 Å². The molecule has 1 aromatic rings. The van der Waals surface area contributed by atoms with Gasteiger partial charge in [-0.15, -0.1) is 0 Å². The molecule has 7 nitrogen and oxygen atoms in total. The molecule has 0 bridgehead atoms. The smallest absolute Gasteiger partial charge is 0.409 e. The Hall–Kier alpha value is -2.31. The second kappa shape index (κ2) is 5.35. The first-order chi connectivity index (χ1) is 8.36. The average molecular weight is 253 g/mol. The molecule has 1 rings (SSSR count). The number of aryl methyl sites for hydroxylation is 1. The Morgan fingerprint density at radius 2 is 2.17 bits per heavy atom. The van der Waals surface area contributed by atoms with Gasteiger partial charge in [-0.1, -0.05) is 0 Å². The Labute approximate surface area is 104 Å². The maximum atomic E-state index is 10.9. The van der Waals surface area contributed by atoms with Crippen molar-refractivity contribution in [1.29, 1.82) is 0 Å². The van der Waals surface area contributed by atoms with Gasteiger partial charge in [0.15, 0.2) is 0 Å². The molecule has 98 valence electrons. The van der Waals surface area contributed by atoms with E-state index in [0.29, 0.717) is 6.54 Å². The van der Waals surface area contributed by atoms with E-state index >= 15 is 0 Å². The molecule has 0 atom stereocenters. The zero-order chi connectivity index (χ0) is 13.9. The van der Waals surface area contributed by atoms with Crippen LogP contribution in [0.1, 0.15) is 12.5 Å². The molecule has 0 saturated carbocycles. The van der Waals surface area contributed by atoms with Crippen molar-refractivity contribution < 1.29 is 14.8 Å². The molecule has 0 aliphatic heterocycles. The number of rotatable bonds is 4. The highest BCUT2D eigenvalue weighted by Crippen LogP contribution is 2.32. The average Bonchev–Trinajstić information content (AvgIpc) is 2.29. The van der Waals surface area contributed by atoms with Crippen molar-refractivity contribution >= 4 is 23.2 Å². The number of nitro groups is 1. The number of carbonyl (C=O) groups is 1. The third kappa shape index (κ3) is 2.88. The van der Waals surface area contributed by atoms with E-state index in [-0.39, 0.29) is 11.4 Å². The Morgan fingerprint density at radius 3 is 2.61 bits per heavy atom. The molecule has 0 fully saturated rings. The number of amides is 1. The quantitative estimate of drug-likeness (QED) is 0.634. The van der Waals surface area contributed by atoms with Crippen LogP contribution in [-0.4, -0.2) is 29.7 Å². The molecule has 18 heavy (non-hydrogen) atoms. The number of hydrogen-bond donors (Lipinski definition) is 2. The van der Waals surface area contributed by atoms with Crippen molar-refractivity contribution in [2.45, 2.75) is 13.8 Å². The molecule has 0 saturated heterocycles. The third-order valence-corrected chi connectivity index (χ3v) is 2.64. The van der Waals surface area contributed by atoms with Crippen LogP contribution in [0.15, 0.2) is 12.1 Å². The highest BCUT2D eigenvalue weighted by Gasteiger charge is 2.19. The van der Waals surface area contributed by atoms with Crippen molar-refractivity contribution in [3.63, 3.8) is 0 Å². The molecule has 7 heteroatoms. The summed E-state index contributed by atoms with van der Waals surface area (Å²) in [6.45, 7) is 4.40. The topological polar surface area (TPSA) is 95.7 Å².